The summed E-state index contributed by atoms with van der Waals surface area (Å²) in [5, 5.41) is 0. The van der Waals surface area contributed by atoms with Crippen LogP contribution in [-0.2, 0) is 38.7 Å². The summed E-state index contributed by atoms with van der Waals surface area (Å²) in [6.07, 6.45) is 12.6. The van der Waals surface area contributed by atoms with Crippen LogP contribution in [0.15, 0.2) is 18.2 Å². The largest absolute Gasteiger partial charge is 0.0764 e. The fourth-order valence-corrected chi connectivity index (χ4v) is 4.03. The van der Waals surface area contributed by atoms with Gasteiger partial charge in [0.2, 0.25) is 0 Å². The molecule has 0 aliphatic heterocycles. The normalized spacial score (nSPS) is 21.4. The van der Waals surface area contributed by atoms with Crippen molar-refractivity contribution in [3.63, 3.8) is 0 Å². The van der Waals surface area contributed by atoms with E-state index in [4.69, 9.17) is 0 Å². The maximum Gasteiger partial charge on any atom is 0.00272 e. The van der Waals surface area contributed by atoms with E-state index in [1.54, 1.807) is 16.7 Å². The Labute approximate surface area is 142 Å². The molecule has 2 aliphatic carbocycles. The molecule has 0 N–H and O–H groups in total. The van der Waals surface area contributed by atoms with E-state index in [2.05, 4.69) is 45.1 Å². The molecule has 20 heavy (non-hydrogen) atoms. The van der Waals surface area contributed by atoms with Gasteiger partial charge >= 0.3 is 0 Å². The van der Waals surface area contributed by atoms with Crippen molar-refractivity contribution in [3.05, 3.63) is 40.5 Å². The zero-order valence-electron chi connectivity index (χ0n) is 13.1. The Hall–Kier alpha value is -0.170. The second-order valence-electron chi connectivity index (χ2n) is 6.56. The average Bonchev–Trinajstić information content (AvgIpc) is 2.98. The van der Waals surface area contributed by atoms with Crippen LogP contribution in [0.5, 0.6) is 0 Å². The summed E-state index contributed by atoms with van der Waals surface area (Å²) in [6, 6.07) is 5.03. The van der Waals surface area contributed by atoms with Crippen LogP contribution >= 0.6 is 0 Å². The number of rotatable bonds is 4. The minimum Gasteiger partial charge on any atom is -0.0764 e. The second-order valence-corrected chi connectivity index (χ2v) is 6.56. The predicted octanol–water partition coefficient (Wildman–Crippen LogP) is 5.50. The summed E-state index contributed by atoms with van der Waals surface area (Å²) in [5.74, 6) is 0.684. The Bertz CT molecular complexity index is 509. The van der Waals surface area contributed by atoms with Crippen LogP contribution in [0.4, 0.5) is 0 Å². The molecule has 1 heteroatoms. The van der Waals surface area contributed by atoms with Gasteiger partial charge in [-0.25, -0.2) is 0 Å². The van der Waals surface area contributed by atoms with Gasteiger partial charge in [-0.15, -0.1) is 0 Å². The van der Waals surface area contributed by atoms with E-state index in [1.165, 1.54) is 44.1 Å². The molecule has 2 aliphatic rings. The molecular formula is C19H26Hf. The van der Waals surface area contributed by atoms with Crippen molar-refractivity contribution >= 4 is 6.08 Å². The molecule has 1 aromatic carbocycles. The Kier molecular flexibility index (Phi) is 5.10. The number of hydrogen-bond acceptors (Lipinski definition) is 0. The van der Waals surface area contributed by atoms with E-state index >= 15 is 0 Å². The Morgan fingerprint density at radius 2 is 1.70 bits per heavy atom. The number of fused-ring (bicyclic) bond motifs is 2. The molecule has 3 rings (SSSR count). The molecule has 0 spiro atoms. The Balaban J connectivity index is 0.00000147. The summed E-state index contributed by atoms with van der Waals surface area (Å²) < 4.78 is 0. The smallest absolute Gasteiger partial charge is 0.00272 e. The van der Waals surface area contributed by atoms with Gasteiger partial charge in [0.25, 0.3) is 0 Å². The summed E-state index contributed by atoms with van der Waals surface area (Å²) in [7, 11) is 0. The molecule has 1 unspecified atom stereocenters. The molecule has 1 atom stereocenters. The van der Waals surface area contributed by atoms with Crippen molar-refractivity contribution in [2.45, 2.75) is 65.2 Å². The molecule has 0 saturated heterocycles. The van der Waals surface area contributed by atoms with Crippen LogP contribution in [0.25, 0.3) is 6.08 Å². The number of allylic oxidation sites excluding steroid dienone is 1. The van der Waals surface area contributed by atoms with Gasteiger partial charge in [0.1, 0.15) is 0 Å². The third-order valence-electron chi connectivity index (χ3n) is 5.54. The monoisotopic (exact) mass is 434 g/mol. The van der Waals surface area contributed by atoms with E-state index < -0.39 is 0 Å². The maximum atomic E-state index is 2.54. The van der Waals surface area contributed by atoms with E-state index in [0.717, 1.165) is 0 Å². The van der Waals surface area contributed by atoms with E-state index in [-0.39, 0.29) is 25.8 Å². The van der Waals surface area contributed by atoms with Crippen LogP contribution < -0.4 is 0 Å². The third kappa shape index (κ3) is 2.63. The van der Waals surface area contributed by atoms with E-state index in [1.807, 2.05) is 0 Å². The van der Waals surface area contributed by atoms with Gasteiger partial charge in [0, 0.05) is 31.8 Å². The van der Waals surface area contributed by atoms with Crippen molar-refractivity contribution in [2.75, 3.05) is 0 Å². The molecule has 0 aromatic heterocycles. The zero-order chi connectivity index (χ0) is 13.5. The minimum absolute atomic E-state index is 0. The van der Waals surface area contributed by atoms with E-state index in [9.17, 15) is 0 Å². The number of benzene rings is 1. The molecule has 0 bridgehead atoms. The van der Waals surface area contributed by atoms with Crippen molar-refractivity contribution in [2.24, 2.45) is 5.41 Å². The van der Waals surface area contributed by atoms with Crippen molar-refractivity contribution in [3.8, 4) is 0 Å². The van der Waals surface area contributed by atoms with Gasteiger partial charge in [-0.3, -0.25) is 0 Å². The van der Waals surface area contributed by atoms with Crippen LogP contribution in [-0.4, -0.2) is 0 Å². The second kappa shape index (κ2) is 6.30. The average molecular weight is 433 g/mol. The topological polar surface area (TPSA) is 0 Å². The first kappa shape index (κ1) is 16.2. The van der Waals surface area contributed by atoms with Crippen LogP contribution in [0, 0.1) is 5.41 Å². The van der Waals surface area contributed by atoms with Crippen LogP contribution in [0.1, 0.15) is 74.6 Å². The first-order chi connectivity index (χ1) is 9.21. The summed E-state index contributed by atoms with van der Waals surface area (Å²) in [4.78, 5) is 0. The van der Waals surface area contributed by atoms with Gasteiger partial charge in [0.15, 0.2) is 0 Å². The van der Waals surface area contributed by atoms with Crippen LogP contribution in [0.3, 0.4) is 0 Å². The molecule has 1 aromatic rings. The molecule has 0 amide bonds. The van der Waals surface area contributed by atoms with Crippen molar-refractivity contribution in [1.82, 2.24) is 0 Å². The zero-order valence-corrected chi connectivity index (χ0v) is 16.7. The maximum absolute atomic E-state index is 2.54. The minimum atomic E-state index is 0. The first-order valence-electron chi connectivity index (χ1n) is 8.05. The summed E-state index contributed by atoms with van der Waals surface area (Å²) >= 11 is 0. The summed E-state index contributed by atoms with van der Waals surface area (Å²) in [5.41, 5.74) is 6.93. The Morgan fingerprint density at radius 3 is 2.30 bits per heavy atom. The molecule has 0 nitrogen and oxygen atoms in total. The van der Waals surface area contributed by atoms with Crippen molar-refractivity contribution < 1.29 is 25.8 Å². The SMILES string of the molecule is CCCC1C=Cc2cc3c(cc21)CC(CC)(CC)C3.[Hf]. The molecule has 0 fully saturated rings. The van der Waals surface area contributed by atoms with Gasteiger partial charge < -0.3 is 0 Å². The molecular weight excluding hydrogens is 407 g/mol. The van der Waals surface area contributed by atoms with E-state index in [0.29, 0.717) is 11.3 Å². The molecule has 0 saturated carbocycles. The van der Waals surface area contributed by atoms with Crippen molar-refractivity contribution in [1.29, 1.82) is 0 Å². The quantitative estimate of drug-likeness (QED) is 0.551. The standard InChI is InChI=1S/C19H26.Hf/c1-4-7-14-8-9-15-10-16-12-19(5-2,6-3)13-17(16)11-18(14)15;/h8-11,14H,4-7,12-13H2,1-3H3;. The predicted molar refractivity (Wildman–Crippen MR) is 83.5 cm³/mol. The van der Waals surface area contributed by atoms with Crippen LogP contribution in [0.2, 0.25) is 0 Å². The third-order valence-corrected chi connectivity index (χ3v) is 5.54. The van der Waals surface area contributed by atoms with Gasteiger partial charge in [0.05, 0.1) is 0 Å². The molecule has 0 radical (unpaired) electrons. The van der Waals surface area contributed by atoms with Gasteiger partial charge in [-0.05, 0) is 59.8 Å². The Morgan fingerprint density at radius 1 is 1.05 bits per heavy atom. The van der Waals surface area contributed by atoms with Gasteiger partial charge in [-0.1, -0.05) is 51.5 Å². The fourth-order valence-electron chi connectivity index (χ4n) is 4.03. The van der Waals surface area contributed by atoms with Gasteiger partial charge in [-0.2, -0.15) is 0 Å². The summed E-state index contributed by atoms with van der Waals surface area (Å²) in [6.45, 7) is 7.02. The molecule has 0 heterocycles. The number of hydrogen-bond donors (Lipinski definition) is 0. The molecule has 106 valence electrons. The first-order valence-corrected chi connectivity index (χ1v) is 8.05. The fraction of sp³-hybridized carbons (Fsp3) is 0.579.